The Labute approximate surface area is 156 Å². The second-order valence-corrected chi connectivity index (χ2v) is 6.64. The summed E-state index contributed by atoms with van der Waals surface area (Å²) in [5.41, 5.74) is 3.82. The normalized spacial score (nSPS) is 11.3. The van der Waals surface area contributed by atoms with Gasteiger partial charge in [-0.05, 0) is 30.0 Å². The predicted octanol–water partition coefficient (Wildman–Crippen LogP) is 4.12. The summed E-state index contributed by atoms with van der Waals surface area (Å²) >= 11 is 12.4. The zero-order valence-electron chi connectivity index (χ0n) is 14.3. The van der Waals surface area contributed by atoms with Gasteiger partial charge in [0.2, 0.25) is 5.95 Å². The summed E-state index contributed by atoms with van der Waals surface area (Å²) in [6.45, 7) is 6.53. The van der Waals surface area contributed by atoms with E-state index >= 15 is 0 Å². The summed E-state index contributed by atoms with van der Waals surface area (Å²) in [6, 6.07) is 4.85. The Balaban J connectivity index is 2.11. The minimum atomic E-state index is -0.234. The highest BCUT2D eigenvalue weighted by atomic mass is 35.5. The van der Waals surface area contributed by atoms with Gasteiger partial charge in [0.25, 0.3) is 5.56 Å². The van der Waals surface area contributed by atoms with Crippen LogP contribution in [0.5, 0.6) is 5.75 Å². The number of anilines is 1. The SMILES string of the molecule is CCc1cc(=O)[nH]c(N/N=C\c2cc(Cl)c(OCC(C)C)c(Cl)c2)n1. The minimum Gasteiger partial charge on any atom is -0.490 e. The van der Waals surface area contributed by atoms with E-state index in [1.54, 1.807) is 12.1 Å². The molecular weight excluding hydrogens is 363 g/mol. The number of nitrogens with zero attached hydrogens (tertiary/aromatic N) is 2. The van der Waals surface area contributed by atoms with Gasteiger partial charge < -0.3 is 4.74 Å². The van der Waals surface area contributed by atoms with Crippen LogP contribution in [0.1, 0.15) is 32.0 Å². The average molecular weight is 383 g/mol. The van der Waals surface area contributed by atoms with Crippen LogP contribution in [-0.4, -0.2) is 22.8 Å². The summed E-state index contributed by atoms with van der Waals surface area (Å²) in [5, 5.41) is 4.87. The minimum absolute atomic E-state index is 0.234. The molecule has 0 fully saturated rings. The monoisotopic (exact) mass is 382 g/mol. The molecule has 6 nitrogen and oxygen atoms in total. The van der Waals surface area contributed by atoms with Gasteiger partial charge in [0.05, 0.1) is 22.9 Å². The predicted molar refractivity (Wildman–Crippen MR) is 102 cm³/mol. The van der Waals surface area contributed by atoms with E-state index in [0.29, 0.717) is 46.0 Å². The number of aromatic nitrogens is 2. The fourth-order valence-electron chi connectivity index (χ4n) is 1.95. The van der Waals surface area contributed by atoms with Crippen LogP contribution in [0.4, 0.5) is 5.95 Å². The molecule has 0 unspecified atom stereocenters. The number of aromatic amines is 1. The molecule has 134 valence electrons. The fourth-order valence-corrected chi connectivity index (χ4v) is 2.56. The van der Waals surface area contributed by atoms with E-state index in [2.05, 4.69) is 20.5 Å². The molecule has 25 heavy (non-hydrogen) atoms. The van der Waals surface area contributed by atoms with Gasteiger partial charge in [0, 0.05) is 11.8 Å². The Bertz CT molecular complexity index is 796. The fraction of sp³-hybridized carbons (Fsp3) is 0.353. The van der Waals surface area contributed by atoms with Crippen molar-refractivity contribution in [1.29, 1.82) is 0 Å². The van der Waals surface area contributed by atoms with Crippen LogP contribution in [-0.2, 0) is 6.42 Å². The van der Waals surface area contributed by atoms with E-state index in [1.807, 2.05) is 20.8 Å². The van der Waals surface area contributed by atoms with Crippen LogP contribution in [0.25, 0.3) is 0 Å². The molecule has 2 N–H and O–H groups in total. The quantitative estimate of drug-likeness (QED) is 0.557. The summed E-state index contributed by atoms with van der Waals surface area (Å²) in [4.78, 5) is 18.3. The zero-order chi connectivity index (χ0) is 18.4. The molecule has 2 aromatic rings. The number of rotatable bonds is 7. The molecule has 0 bridgehead atoms. The van der Waals surface area contributed by atoms with Crippen molar-refractivity contribution in [1.82, 2.24) is 9.97 Å². The summed E-state index contributed by atoms with van der Waals surface area (Å²) in [7, 11) is 0. The Morgan fingerprint density at radius 3 is 2.60 bits per heavy atom. The first-order valence-corrected chi connectivity index (χ1v) is 8.65. The summed E-state index contributed by atoms with van der Waals surface area (Å²) in [6.07, 6.45) is 2.19. The van der Waals surface area contributed by atoms with Crippen LogP contribution in [0.2, 0.25) is 10.0 Å². The number of hydrogen-bond acceptors (Lipinski definition) is 5. The highest BCUT2D eigenvalue weighted by molar-refractivity contribution is 6.37. The number of H-pyrrole nitrogens is 1. The van der Waals surface area contributed by atoms with E-state index in [9.17, 15) is 4.79 Å². The number of hydrogen-bond donors (Lipinski definition) is 2. The third-order valence-corrected chi connectivity index (χ3v) is 3.68. The molecule has 0 saturated heterocycles. The van der Waals surface area contributed by atoms with Crippen LogP contribution < -0.4 is 15.7 Å². The highest BCUT2D eigenvalue weighted by Gasteiger charge is 2.10. The first-order chi connectivity index (χ1) is 11.9. The molecule has 0 aliphatic heterocycles. The van der Waals surface area contributed by atoms with Gasteiger partial charge in [-0.3, -0.25) is 9.78 Å². The standard InChI is InChI=1S/C17H20Cl2N4O2/c1-4-12-7-15(24)22-17(21-12)23-20-8-11-5-13(18)16(14(19)6-11)25-9-10(2)3/h5-8,10H,4,9H2,1-3H3,(H2,21,22,23,24)/b20-8-. The molecule has 0 amide bonds. The third-order valence-electron chi connectivity index (χ3n) is 3.12. The van der Waals surface area contributed by atoms with Gasteiger partial charge in [-0.1, -0.05) is 44.0 Å². The van der Waals surface area contributed by atoms with E-state index in [4.69, 9.17) is 27.9 Å². The number of hydrazone groups is 1. The molecule has 0 atom stereocenters. The largest absolute Gasteiger partial charge is 0.490 e. The molecule has 0 saturated carbocycles. The Kier molecular flexibility index (Phi) is 6.84. The summed E-state index contributed by atoms with van der Waals surface area (Å²) in [5.74, 6) is 1.10. The maximum atomic E-state index is 11.5. The molecule has 1 aromatic carbocycles. The number of nitrogens with one attached hydrogen (secondary N) is 2. The molecule has 0 spiro atoms. The van der Waals surface area contributed by atoms with E-state index in [0.717, 1.165) is 0 Å². The number of benzene rings is 1. The molecule has 8 heteroatoms. The van der Waals surface area contributed by atoms with Crippen LogP contribution in [0.15, 0.2) is 28.1 Å². The number of halogens is 2. The molecule has 1 heterocycles. The molecule has 0 aliphatic carbocycles. The van der Waals surface area contributed by atoms with Crippen LogP contribution in [0.3, 0.4) is 0 Å². The molecule has 1 aromatic heterocycles. The first kappa shape index (κ1) is 19.3. The lowest BCUT2D eigenvalue weighted by Crippen LogP contribution is -2.11. The average Bonchev–Trinajstić information content (AvgIpc) is 2.53. The Hall–Kier alpha value is -2.05. The van der Waals surface area contributed by atoms with E-state index in [1.165, 1.54) is 12.3 Å². The van der Waals surface area contributed by atoms with Gasteiger partial charge in [-0.2, -0.15) is 5.10 Å². The van der Waals surface area contributed by atoms with Crippen LogP contribution in [0, 0.1) is 5.92 Å². The lowest BCUT2D eigenvalue weighted by Gasteiger charge is -2.12. The Morgan fingerprint density at radius 2 is 2.00 bits per heavy atom. The molecule has 2 rings (SSSR count). The molecule has 0 radical (unpaired) electrons. The Morgan fingerprint density at radius 1 is 1.32 bits per heavy atom. The maximum Gasteiger partial charge on any atom is 0.252 e. The second kappa shape index (κ2) is 8.87. The van der Waals surface area contributed by atoms with Crippen molar-refractivity contribution in [3.05, 3.63) is 49.9 Å². The van der Waals surface area contributed by atoms with E-state index in [-0.39, 0.29) is 11.5 Å². The topological polar surface area (TPSA) is 79.4 Å². The van der Waals surface area contributed by atoms with Gasteiger partial charge in [-0.25, -0.2) is 10.4 Å². The van der Waals surface area contributed by atoms with Crippen molar-refractivity contribution in [3.63, 3.8) is 0 Å². The third kappa shape index (κ3) is 5.76. The van der Waals surface area contributed by atoms with Crippen molar-refractivity contribution in [2.45, 2.75) is 27.2 Å². The van der Waals surface area contributed by atoms with Crippen molar-refractivity contribution >= 4 is 35.4 Å². The number of ether oxygens (including phenoxy) is 1. The zero-order valence-corrected chi connectivity index (χ0v) is 15.8. The van der Waals surface area contributed by atoms with Crippen molar-refractivity contribution in [2.75, 3.05) is 12.0 Å². The van der Waals surface area contributed by atoms with Crippen LogP contribution >= 0.6 is 23.2 Å². The highest BCUT2D eigenvalue weighted by Crippen LogP contribution is 2.34. The second-order valence-electron chi connectivity index (χ2n) is 5.83. The van der Waals surface area contributed by atoms with Gasteiger partial charge in [0.1, 0.15) is 0 Å². The van der Waals surface area contributed by atoms with Crippen molar-refractivity contribution in [2.24, 2.45) is 11.0 Å². The smallest absolute Gasteiger partial charge is 0.252 e. The van der Waals surface area contributed by atoms with Gasteiger partial charge in [-0.15, -0.1) is 0 Å². The lowest BCUT2D eigenvalue weighted by molar-refractivity contribution is 0.271. The molecular formula is C17H20Cl2N4O2. The first-order valence-electron chi connectivity index (χ1n) is 7.90. The van der Waals surface area contributed by atoms with Crippen molar-refractivity contribution < 1.29 is 4.74 Å². The molecule has 0 aliphatic rings. The maximum absolute atomic E-state index is 11.5. The van der Waals surface area contributed by atoms with Gasteiger partial charge >= 0.3 is 0 Å². The van der Waals surface area contributed by atoms with Gasteiger partial charge in [0.15, 0.2) is 5.75 Å². The number of aryl methyl sites for hydroxylation is 1. The lowest BCUT2D eigenvalue weighted by atomic mass is 10.2. The van der Waals surface area contributed by atoms with E-state index < -0.39 is 0 Å². The van der Waals surface area contributed by atoms with Crippen molar-refractivity contribution in [3.8, 4) is 5.75 Å². The summed E-state index contributed by atoms with van der Waals surface area (Å²) < 4.78 is 5.62.